The van der Waals surface area contributed by atoms with Crippen LogP contribution in [0, 0.1) is 11.8 Å². The summed E-state index contributed by atoms with van der Waals surface area (Å²) >= 11 is 0. The van der Waals surface area contributed by atoms with E-state index in [0.29, 0.717) is 0 Å². The van der Waals surface area contributed by atoms with Crippen LogP contribution in [0.5, 0.6) is 0 Å². The number of hydrogen-bond donors (Lipinski definition) is 1. The van der Waals surface area contributed by atoms with Crippen LogP contribution < -0.4 is 5.73 Å². The van der Waals surface area contributed by atoms with E-state index < -0.39 is 0 Å². The molecule has 0 saturated carbocycles. The van der Waals surface area contributed by atoms with E-state index >= 15 is 0 Å². The van der Waals surface area contributed by atoms with Gasteiger partial charge < -0.3 is 10.6 Å². The van der Waals surface area contributed by atoms with Crippen molar-refractivity contribution in [2.45, 2.75) is 0 Å². The Hall–Kier alpha value is -1.51. The van der Waals surface area contributed by atoms with E-state index in [-0.39, 0.29) is 17.7 Å². The van der Waals surface area contributed by atoms with E-state index in [4.69, 9.17) is 5.73 Å². The number of carbonyl (C=O) groups excluding carboxylic acids is 1. The maximum atomic E-state index is 11.6. The fourth-order valence-corrected chi connectivity index (χ4v) is 1.72. The summed E-state index contributed by atoms with van der Waals surface area (Å²) in [6.45, 7) is 0. The lowest BCUT2D eigenvalue weighted by Crippen LogP contribution is -2.38. The summed E-state index contributed by atoms with van der Waals surface area (Å²) in [5.41, 5.74) is 6.55. The lowest BCUT2D eigenvalue weighted by molar-refractivity contribution is -0.131. The number of rotatable bonds is 0. The maximum absolute atomic E-state index is 11.6. The van der Waals surface area contributed by atoms with Crippen molar-refractivity contribution in [1.82, 2.24) is 4.90 Å². The second kappa shape index (κ2) is 2.76. The van der Waals surface area contributed by atoms with Crippen LogP contribution in [-0.2, 0) is 4.79 Å². The molecule has 0 aromatic rings. The molecule has 0 aromatic heterocycles. The molecule has 3 nitrogen and oxygen atoms in total. The van der Waals surface area contributed by atoms with Crippen LogP contribution in [0.3, 0.4) is 0 Å². The quantitative estimate of drug-likeness (QED) is 0.588. The van der Waals surface area contributed by atoms with Gasteiger partial charge in [-0.2, -0.15) is 0 Å². The molecular weight excluding hydrogens is 164 g/mol. The normalized spacial score (nSPS) is 31.6. The molecule has 0 fully saturated rings. The van der Waals surface area contributed by atoms with Crippen molar-refractivity contribution in [3.63, 3.8) is 0 Å². The molecule has 13 heavy (non-hydrogen) atoms. The molecule has 0 spiro atoms. The van der Waals surface area contributed by atoms with E-state index in [2.05, 4.69) is 0 Å². The highest BCUT2D eigenvalue weighted by atomic mass is 16.2. The van der Waals surface area contributed by atoms with Gasteiger partial charge in [-0.25, -0.2) is 0 Å². The van der Waals surface area contributed by atoms with Crippen LogP contribution in [0.25, 0.3) is 0 Å². The van der Waals surface area contributed by atoms with Gasteiger partial charge in [-0.3, -0.25) is 4.79 Å². The Morgan fingerprint density at radius 3 is 2.92 bits per heavy atom. The van der Waals surface area contributed by atoms with Gasteiger partial charge in [-0.1, -0.05) is 18.2 Å². The zero-order valence-electron chi connectivity index (χ0n) is 7.47. The van der Waals surface area contributed by atoms with Gasteiger partial charge >= 0.3 is 0 Å². The van der Waals surface area contributed by atoms with Gasteiger partial charge in [-0.05, 0) is 6.08 Å². The van der Waals surface area contributed by atoms with Gasteiger partial charge in [0.2, 0.25) is 5.91 Å². The second-order valence-electron chi connectivity index (χ2n) is 3.39. The van der Waals surface area contributed by atoms with Crippen LogP contribution >= 0.6 is 0 Å². The first kappa shape index (κ1) is 8.10. The lowest BCUT2D eigenvalue weighted by Gasteiger charge is -2.31. The first-order valence-electron chi connectivity index (χ1n) is 4.29. The molecule has 3 heteroatoms. The minimum Gasteiger partial charge on any atom is -0.402 e. The average molecular weight is 176 g/mol. The fraction of sp³-hybridized carbons (Fsp3) is 0.300. The number of amides is 1. The highest BCUT2D eigenvalue weighted by Gasteiger charge is 2.32. The number of nitrogens with zero attached hydrogens (tertiary/aromatic N) is 1. The van der Waals surface area contributed by atoms with E-state index in [1.165, 1.54) is 0 Å². The minimum absolute atomic E-state index is 0.0636. The number of nitrogens with two attached hydrogens (primary N) is 1. The SMILES string of the molecule is CN1C=CC2C(N)=CC=CC2C1=O. The molecule has 1 aliphatic carbocycles. The Labute approximate surface area is 77.2 Å². The predicted molar refractivity (Wildman–Crippen MR) is 50.3 cm³/mol. The minimum atomic E-state index is -0.0972. The van der Waals surface area contributed by atoms with Crippen molar-refractivity contribution in [2.24, 2.45) is 17.6 Å². The molecule has 1 amide bonds. The number of carbonyl (C=O) groups is 1. The topological polar surface area (TPSA) is 46.3 Å². The van der Waals surface area contributed by atoms with Gasteiger partial charge in [0, 0.05) is 24.9 Å². The Morgan fingerprint density at radius 2 is 2.15 bits per heavy atom. The number of fused-ring (bicyclic) bond motifs is 1. The van der Waals surface area contributed by atoms with Crippen LogP contribution in [0.1, 0.15) is 0 Å². The summed E-state index contributed by atoms with van der Waals surface area (Å²) < 4.78 is 0. The maximum Gasteiger partial charge on any atom is 0.234 e. The molecular formula is C10H12N2O. The van der Waals surface area contributed by atoms with Gasteiger partial charge in [0.15, 0.2) is 0 Å². The average Bonchev–Trinajstić information content (AvgIpc) is 2.12. The molecule has 2 N–H and O–H groups in total. The monoisotopic (exact) mass is 176 g/mol. The van der Waals surface area contributed by atoms with Crippen molar-refractivity contribution in [2.75, 3.05) is 7.05 Å². The van der Waals surface area contributed by atoms with Crippen molar-refractivity contribution in [3.05, 3.63) is 36.2 Å². The molecule has 2 aliphatic rings. The molecule has 0 saturated heterocycles. The summed E-state index contributed by atoms with van der Waals surface area (Å²) in [7, 11) is 1.76. The first-order chi connectivity index (χ1) is 6.20. The lowest BCUT2D eigenvalue weighted by atomic mass is 9.83. The summed E-state index contributed by atoms with van der Waals surface area (Å²) in [6.07, 6.45) is 9.36. The summed E-state index contributed by atoms with van der Waals surface area (Å²) in [5.74, 6) is 0.0773. The van der Waals surface area contributed by atoms with E-state index in [1.54, 1.807) is 18.1 Å². The van der Waals surface area contributed by atoms with Gasteiger partial charge in [0.1, 0.15) is 0 Å². The largest absolute Gasteiger partial charge is 0.402 e. The highest BCUT2D eigenvalue weighted by molar-refractivity contribution is 5.83. The van der Waals surface area contributed by atoms with Crippen LogP contribution in [0.2, 0.25) is 0 Å². The van der Waals surface area contributed by atoms with Crippen LogP contribution in [0.4, 0.5) is 0 Å². The number of allylic oxidation sites excluding steroid dienone is 3. The number of hydrogen-bond acceptors (Lipinski definition) is 2. The van der Waals surface area contributed by atoms with Crippen molar-refractivity contribution in [1.29, 1.82) is 0 Å². The van der Waals surface area contributed by atoms with E-state index in [9.17, 15) is 4.79 Å². The van der Waals surface area contributed by atoms with Crippen molar-refractivity contribution >= 4 is 5.91 Å². The molecule has 0 bridgehead atoms. The van der Waals surface area contributed by atoms with Crippen LogP contribution in [0.15, 0.2) is 36.2 Å². The first-order valence-corrected chi connectivity index (χ1v) is 4.29. The molecule has 2 rings (SSSR count). The summed E-state index contributed by atoms with van der Waals surface area (Å²) in [6, 6.07) is 0. The highest BCUT2D eigenvalue weighted by Crippen LogP contribution is 2.29. The third kappa shape index (κ3) is 1.16. The molecule has 1 heterocycles. The van der Waals surface area contributed by atoms with Crippen molar-refractivity contribution in [3.8, 4) is 0 Å². The fourth-order valence-electron chi connectivity index (χ4n) is 1.72. The Bertz CT molecular complexity index is 328. The standard InChI is InChI=1S/C10H12N2O/c1-12-6-5-7-8(10(12)13)3-2-4-9(7)11/h2-8H,11H2,1H3. The zero-order valence-corrected chi connectivity index (χ0v) is 7.47. The molecule has 2 atom stereocenters. The summed E-state index contributed by atoms with van der Waals surface area (Å²) in [5, 5.41) is 0. The van der Waals surface area contributed by atoms with Crippen LogP contribution in [-0.4, -0.2) is 17.9 Å². The van der Waals surface area contributed by atoms with Gasteiger partial charge in [0.25, 0.3) is 0 Å². The second-order valence-corrected chi connectivity index (χ2v) is 3.39. The third-order valence-corrected chi connectivity index (χ3v) is 2.53. The molecule has 1 aliphatic heterocycles. The molecule has 2 unspecified atom stereocenters. The molecule has 0 radical (unpaired) electrons. The molecule has 68 valence electrons. The van der Waals surface area contributed by atoms with E-state index in [0.717, 1.165) is 5.70 Å². The summed E-state index contributed by atoms with van der Waals surface area (Å²) in [4.78, 5) is 13.2. The Balaban J connectivity index is 2.37. The Kier molecular flexibility index (Phi) is 1.72. The smallest absolute Gasteiger partial charge is 0.234 e. The third-order valence-electron chi connectivity index (χ3n) is 2.53. The van der Waals surface area contributed by atoms with Gasteiger partial charge in [-0.15, -0.1) is 0 Å². The van der Waals surface area contributed by atoms with Gasteiger partial charge in [0.05, 0.1) is 5.92 Å². The Morgan fingerprint density at radius 1 is 1.38 bits per heavy atom. The predicted octanol–water partition coefficient (Wildman–Crippen LogP) is 0.617. The van der Waals surface area contributed by atoms with E-state index in [1.807, 2.05) is 24.3 Å². The molecule has 0 aromatic carbocycles. The zero-order chi connectivity index (χ0) is 9.42. The van der Waals surface area contributed by atoms with Crippen molar-refractivity contribution < 1.29 is 4.79 Å².